The number of unbranched alkanes of at least 4 members (excludes halogenated alkanes) is 2. The molecule has 0 saturated carbocycles. The average Bonchev–Trinajstić information content (AvgIpc) is 2.38. The van der Waals surface area contributed by atoms with Gasteiger partial charge >= 0.3 is 0 Å². The van der Waals surface area contributed by atoms with Crippen LogP contribution in [-0.2, 0) is 0 Å². The third-order valence-corrected chi connectivity index (χ3v) is 3.15. The topological polar surface area (TPSA) is 37.3 Å². The van der Waals surface area contributed by atoms with E-state index in [-0.39, 0.29) is 5.78 Å². The number of carbonyl (C=O) groups excluding carboxylic acids is 1. The predicted octanol–water partition coefficient (Wildman–Crippen LogP) is 3.84. The molecule has 1 aromatic rings. The molecule has 0 aromatic heterocycles. The lowest BCUT2D eigenvalue weighted by Crippen LogP contribution is -2.08. The quantitative estimate of drug-likeness (QED) is 0.586. The van der Waals surface area contributed by atoms with E-state index in [1.54, 1.807) is 19.1 Å². The lowest BCUT2D eigenvalue weighted by Gasteiger charge is -2.14. The summed E-state index contributed by atoms with van der Waals surface area (Å²) in [5.41, 5.74) is 2.33. The molecular formula is C16H22O2. The summed E-state index contributed by atoms with van der Waals surface area (Å²) in [6, 6.07) is 7.26. The van der Waals surface area contributed by atoms with E-state index in [0.29, 0.717) is 5.56 Å². The Bertz CT molecular complexity index is 404. The van der Waals surface area contributed by atoms with Crippen molar-refractivity contribution >= 4 is 11.4 Å². The van der Waals surface area contributed by atoms with Gasteiger partial charge in [0.1, 0.15) is 0 Å². The van der Waals surface area contributed by atoms with Crippen LogP contribution in [-0.4, -0.2) is 17.0 Å². The molecule has 0 aliphatic carbocycles. The van der Waals surface area contributed by atoms with E-state index in [4.69, 9.17) is 0 Å². The lowest BCUT2D eigenvalue weighted by molar-refractivity contribution is 0.101. The summed E-state index contributed by atoms with van der Waals surface area (Å²) in [6.45, 7) is 7.63. The maximum atomic E-state index is 11.2. The van der Waals surface area contributed by atoms with Crippen molar-refractivity contribution in [2.45, 2.75) is 45.6 Å². The summed E-state index contributed by atoms with van der Waals surface area (Å²) in [7, 11) is 0. The second-order valence-corrected chi connectivity index (χ2v) is 4.67. The molecule has 1 atom stereocenters. The Morgan fingerprint density at radius 2 is 1.78 bits per heavy atom. The van der Waals surface area contributed by atoms with Crippen LogP contribution in [0.3, 0.4) is 0 Å². The number of hydrogen-bond acceptors (Lipinski definition) is 2. The zero-order valence-electron chi connectivity index (χ0n) is 11.3. The van der Waals surface area contributed by atoms with E-state index in [0.717, 1.165) is 36.8 Å². The van der Waals surface area contributed by atoms with Gasteiger partial charge in [-0.05, 0) is 24.5 Å². The summed E-state index contributed by atoms with van der Waals surface area (Å²) in [4.78, 5) is 11.2. The monoisotopic (exact) mass is 246 g/mol. The molecule has 2 heteroatoms. The van der Waals surface area contributed by atoms with Gasteiger partial charge in [0.15, 0.2) is 5.78 Å². The Kier molecular flexibility index (Phi) is 5.79. The highest BCUT2D eigenvalue weighted by Crippen LogP contribution is 2.21. The highest BCUT2D eigenvalue weighted by Gasteiger charge is 2.10. The fourth-order valence-corrected chi connectivity index (χ4v) is 1.87. The van der Waals surface area contributed by atoms with Gasteiger partial charge in [0.05, 0.1) is 6.10 Å². The first kappa shape index (κ1) is 14.7. The first-order valence-corrected chi connectivity index (χ1v) is 6.54. The summed E-state index contributed by atoms with van der Waals surface area (Å²) in [6.07, 6.45) is 3.56. The number of carbonyl (C=O) groups is 1. The maximum absolute atomic E-state index is 11.2. The van der Waals surface area contributed by atoms with E-state index >= 15 is 0 Å². The summed E-state index contributed by atoms with van der Waals surface area (Å²) < 4.78 is 0. The normalized spacial score (nSPS) is 12.2. The van der Waals surface area contributed by atoms with Crippen LogP contribution in [0.4, 0.5) is 0 Å². The fraction of sp³-hybridized carbons (Fsp3) is 0.438. The Hall–Kier alpha value is -1.41. The molecule has 2 nitrogen and oxygen atoms in total. The second kappa shape index (κ2) is 7.12. The predicted molar refractivity (Wildman–Crippen MR) is 75.6 cm³/mol. The molecule has 0 fully saturated rings. The van der Waals surface area contributed by atoms with Crippen LogP contribution in [0.2, 0.25) is 0 Å². The van der Waals surface area contributed by atoms with Crippen molar-refractivity contribution in [1.29, 1.82) is 0 Å². The van der Waals surface area contributed by atoms with Crippen LogP contribution in [0.25, 0.3) is 5.57 Å². The van der Waals surface area contributed by atoms with E-state index in [9.17, 15) is 9.90 Å². The summed E-state index contributed by atoms with van der Waals surface area (Å²) in [5, 5.41) is 10.0. The van der Waals surface area contributed by atoms with Gasteiger partial charge < -0.3 is 5.11 Å². The molecule has 0 amide bonds. The minimum Gasteiger partial charge on any atom is -0.388 e. The summed E-state index contributed by atoms with van der Waals surface area (Å²) in [5.74, 6) is 0.0515. The highest BCUT2D eigenvalue weighted by molar-refractivity contribution is 5.94. The minimum absolute atomic E-state index is 0.0515. The Labute approximate surface area is 109 Å². The van der Waals surface area contributed by atoms with Crippen molar-refractivity contribution in [3.8, 4) is 0 Å². The molecule has 18 heavy (non-hydrogen) atoms. The first-order valence-electron chi connectivity index (χ1n) is 6.54. The molecule has 0 bridgehead atoms. The van der Waals surface area contributed by atoms with Gasteiger partial charge in [-0.25, -0.2) is 0 Å². The average molecular weight is 246 g/mol. The van der Waals surface area contributed by atoms with Crippen LogP contribution in [0.5, 0.6) is 0 Å². The van der Waals surface area contributed by atoms with Crippen LogP contribution in [0, 0.1) is 0 Å². The largest absolute Gasteiger partial charge is 0.388 e. The fourth-order valence-electron chi connectivity index (χ4n) is 1.87. The number of Topliss-reactive ketones (excluding diaryl/α,β-unsaturated/α-hetero) is 1. The van der Waals surface area contributed by atoms with Crippen molar-refractivity contribution in [2.75, 3.05) is 0 Å². The number of benzene rings is 1. The van der Waals surface area contributed by atoms with Gasteiger partial charge in [-0.3, -0.25) is 4.79 Å². The molecule has 1 aromatic carbocycles. The molecule has 1 rings (SSSR count). The van der Waals surface area contributed by atoms with Crippen molar-refractivity contribution < 1.29 is 9.90 Å². The highest BCUT2D eigenvalue weighted by atomic mass is 16.3. The van der Waals surface area contributed by atoms with Crippen molar-refractivity contribution in [1.82, 2.24) is 0 Å². The van der Waals surface area contributed by atoms with Crippen molar-refractivity contribution in [2.24, 2.45) is 0 Å². The maximum Gasteiger partial charge on any atom is 0.159 e. The Morgan fingerprint density at radius 3 is 2.28 bits per heavy atom. The molecule has 0 aliphatic rings. The molecule has 0 heterocycles. The van der Waals surface area contributed by atoms with Crippen molar-refractivity contribution in [3.63, 3.8) is 0 Å². The van der Waals surface area contributed by atoms with Gasteiger partial charge in [0, 0.05) is 5.56 Å². The molecule has 1 N–H and O–H groups in total. The van der Waals surface area contributed by atoms with Crippen LogP contribution in [0.1, 0.15) is 55.5 Å². The van der Waals surface area contributed by atoms with Crippen LogP contribution in [0.15, 0.2) is 30.8 Å². The number of aliphatic hydroxyl groups excluding tert-OH is 1. The number of ketones is 1. The Morgan fingerprint density at radius 1 is 1.22 bits per heavy atom. The van der Waals surface area contributed by atoms with Gasteiger partial charge in [-0.15, -0.1) is 0 Å². The minimum atomic E-state index is -0.486. The van der Waals surface area contributed by atoms with Gasteiger partial charge in [0.25, 0.3) is 0 Å². The molecule has 0 saturated heterocycles. The van der Waals surface area contributed by atoms with Gasteiger partial charge in [-0.2, -0.15) is 0 Å². The van der Waals surface area contributed by atoms with E-state index < -0.39 is 6.10 Å². The molecule has 0 spiro atoms. The zero-order chi connectivity index (χ0) is 13.5. The number of hydrogen-bond donors (Lipinski definition) is 1. The molecule has 98 valence electrons. The summed E-state index contributed by atoms with van der Waals surface area (Å²) >= 11 is 0. The van der Waals surface area contributed by atoms with Crippen LogP contribution < -0.4 is 0 Å². The third kappa shape index (κ3) is 4.11. The molecular weight excluding hydrogens is 224 g/mol. The van der Waals surface area contributed by atoms with Crippen molar-refractivity contribution in [3.05, 3.63) is 42.0 Å². The standard InChI is InChI=1S/C16H22O2/c1-4-5-6-7-16(18)12(2)14-8-10-15(11-9-14)13(3)17/h8-11,16,18H,2,4-7H2,1,3H3. The number of rotatable bonds is 7. The van der Waals surface area contributed by atoms with E-state index in [1.807, 2.05) is 12.1 Å². The second-order valence-electron chi connectivity index (χ2n) is 4.67. The third-order valence-electron chi connectivity index (χ3n) is 3.15. The first-order chi connectivity index (χ1) is 8.56. The SMILES string of the molecule is C=C(c1ccc(C(C)=O)cc1)C(O)CCCCC. The number of aliphatic hydroxyl groups is 1. The van der Waals surface area contributed by atoms with Gasteiger partial charge in [0.2, 0.25) is 0 Å². The van der Waals surface area contributed by atoms with Crippen LogP contribution >= 0.6 is 0 Å². The smallest absolute Gasteiger partial charge is 0.159 e. The molecule has 0 radical (unpaired) electrons. The van der Waals surface area contributed by atoms with Gasteiger partial charge in [-0.1, -0.05) is 57.0 Å². The van der Waals surface area contributed by atoms with E-state index in [1.165, 1.54) is 0 Å². The Balaban J connectivity index is 2.63. The zero-order valence-corrected chi connectivity index (χ0v) is 11.3. The lowest BCUT2D eigenvalue weighted by atomic mass is 9.97. The molecule has 1 unspecified atom stereocenters. The van der Waals surface area contributed by atoms with E-state index in [2.05, 4.69) is 13.5 Å². The molecule has 0 aliphatic heterocycles.